The lowest BCUT2D eigenvalue weighted by Gasteiger charge is -2.34. The smallest absolute Gasteiger partial charge is 0.322 e. The van der Waals surface area contributed by atoms with E-state index in [1.54, 1.807) is 44.2 Å². The summed E-state index contributed by atoms with van der Waals surface area (Å²) in [7, 11) is -4.84. The zero-order valence-electron chi connectivity index (χ0n) is 37.2. The number of aromatic hydroxyl groups is 1. The van der Waals surface area contributed by atoms with Crippen molar-refractivity contribution >= 4 is 69.8 Å². The number of rotatable bonds is 25. The molecule has 3 atom stereocenters. The van der Waals surface area contributed by atoms with Crippen LogP contribution >= 0.6 is 0 Å². The van der Waals surface area contributed by atoms with Gasteiger partial charge in [-0.05, 0) is 59.9 Å². The molecule has 4 rings (SSSR count). The topological polar surface area (TPSA) is 335 Å². The lowest BCUT2D eigenvalue weighted by atomic mass is 9.99. The van der Waals surface area contributed by atoms with E-state index in [1.165, 1.54) is 54.7 Å². The van der Waals surface area contributed by atoms with Gasteiger partial charge < -0.3 is 46.8 Å². The number of carbonyl (C=O) groups is 7. The normalized spacial score (nSPS) is 12.7. The molecule has 22 nitrogen and oxygen atoms in total. The summed E-state index contributed by atoms with van der Waals surface area (Å²) in [4.78, 5) is 94.9. The van der Waals surface area contributed by atoms with E-state index in [0.717, 1.165) is 17.2 Å². The molecule has 3 aromatic carbocycles. The Balaban J connectivity index is 1.68. The minimum absolute atomic E-state index is 0.0249. The number of benzene rings is 3. The number of hydrogen-bond donors (Lipinski definition) is 10. The third kappa shape index (κ3) is 16.5. The molecule has 1 aromatic heterocycles. The Morgan fingerprint density at radius 2 is 1.60 bits per heavy atom. The molecule has 0 unspecified atom stereocenters. The summed E-state index contributed by atoms with van der Waals surface area (Å²) >= 11 is 0. The van der Waals surface area contributed by atoms with Crippen LogP contribution in [0.15, 0.2) is 101 Å². The highest BCUT2D eigenvalue weighted by molar-refractivity contribution is 7.86. The molecule has 10 N–H and O–H groups in total. The van der Waals surface area contributed by atoms with Crippen molar-refractivity contribution in [3.8, 4) is 5.75 Å². The third-order valence-corrected chi connectivity index (χ3v) is 10.6. The molecule has 23 heteroatoms. The lowest BCUT2D eigenvalue weighted by molar-refractivity contribution is -0.148. The maximum Gasteiger partial charge on any atom is 0.322 e. The molecule has 356 valence electrons. The molecule has 0 radical (unpaired) electrons. The molecule has 1 heterocycles. The first kappa shape index (κ1) is 50.1. The van der Waals surface area contributed by atoms with Gasteiger partial charge in [0.05, 0.1) is 12.6 Å². The van der Waals surface area contributed by atoms with E-state index < -0.39 is 94.3 Å². The highest BCUT2D eigenvalue weighted by Gasteiger charge is 2.37. The molecule has 4 aromatic rings. The zero-order valence-corrected chi connectivity index (χ0v) is 37.1. The maximum absolute atomic E-state index is 14.9. The van der Waals surface area contributed by atoms with Gasteiger partial charge in [-0.15, -0.1) is 0 Å². The number of aromatic nitrogens is 1. The Bertz CT molecular complexity index is 2550. The van der Waals surface area contributed by atoms with Crippen LogP contribution in [0.4, 0.5) is 16.3 Å². The predicted molar refractivity (Wildman–Crippen MR) is 243 cm³/mol. The zero-order chi connectivity index (χ0) is 50.0. The third-order valence-electron chi connectivity index (χ3n) is 9.71. The second kappa shape index (κ2) is 25.0. The summed E-state index contributed by atoms with van der Waals surface area (Å²) in [6, 6.07) is 15.1. The molecule has 0 spiro atoms. The minimum atomic E-state index is -4.84. The van der Waals surface area contributed by atoms with Crippen molar-refractivity contribution in [2.75, 3.05) is 30.4 Å². The number of hydrazone groups is 1. The maximum atomic E-state index is 14.9. The van der Waals surface area contributed by atoms with Crippen LogP contribution in [0.25, 0.3) is 0 Å². The summed E-state index contributed by atoms with van der Waals surface area (Å²) < 4.78 is 43.5. The number of aliphatic carboxylic acids is 2. The van der Waals surface area contributed by atoms with Crippen molar-refractivity contribution in [3.05, 3.63) is 113 Å². The van der Waals surface area contributed by atoms with Crippen LogP contribution in [0.5, 0.6) is 5.75 Å². The van der Waals surface area contributed by atoms with Crippen LogP contribution in [0.1, 0.15) is 53.7 Å². The molecule has 0 aliphatic carbocycles. The molecular formula is C44H51N9O13S. The Hall–Kier alpha value is -7.92. The Labute approximate surface area is 386 Å². The van der Waals surface area contributed by atoms with Crippen molar-refractivity contribution in [1.82, 2.24) is 31.1 Å². The summed E-state index contributed by atoms with van der Waals surface area (Å²) in [6.07, 6.45) is 1.44. The molecule has 0 saturated carbocycles. The van der Waals surface area contributed by atoms with Gasteiger partial charge in [-0.25, -0.2) is 9.78 Å². The Morgan fingerprint density at radius 3 is 2.21 bits per heavy atom. The SMILES string of the molecule is [2H]N(C(=O)NCc1ccccc1)[C@@H](C(=O)N[C@@H](Cc1ccc(O)cc1)C(=O)N(CCCNc1cccc(S(=O)(=O)O)c1C=NNc1ccc(C=O)cn1)[C@H](CC(=O)O)C(=O)NCC(=O)O)C(C)C. The number of urea groups is 1. The van der Waals surface area contributed by atoms with Crippen LogP contribution in [0.3, 0.4) is 0 Å². The van der Waals surface area contributed by atoms with Gasteiger partial charge in [0.1, 0.15) is 41.1 Å². The number of aldehydes is 1. The van der Waals surface area contributed by atoms with E-state index in [1.807, 2.05) is 0 Å². The van der Waals surface area contributed by atoms with Crippen LogP contribution < -0.4 is 32.0 Å². The summed E-state index contributed by atoms with van der Waals surface area (Å²) in [5.74, 6) is -6.86. The summed E-state index contributed by atoms with van der Waals surface area (Å²) in [5.41, 5.74) is 3.91. The number of carboxylic acid groups (broad SMARTS) is 2. The van der Waals surface area contributed by atoms with Gasteiger partial charge in [-0.2, -0.15) is 13.5 Å². The fraction of sp³-hybridized carbons (Fsp3) is 0.295. The summed E-state index contributed by atoms with van der Waals surface area (Å²) in [5, 5.41) is 43.9. The standard InChI is InChI=1S/C44H51N9O13S/c1-27(2)40(51-44(63)48-22-29-8-4-3-5-9-29)42(61)50-34(20-28-12-15-31(55)16-13-28)43(62)53(35(21-38(56)57)41(60)47-25-39(58)59)19-7-18-45-33-10-6-11-36(67(64,65)66)32(33)24-49-52-37-17-14-30(26-54)23-46-37/h3-6,8-17,23-24,26-27,34-35,40,45,55H,7,18-22,25H2,1-2H3,(H,46,52)(H,47,60)(H,50,61)(H,56,57)(H,58,59)(H2,48,51,63)(H,64,65,66)/t34-,35+,40+/m0/s1/i/hD. The van der Waals surface area contributed by atoms with Gasteiger partial charge in [-0.3, -0.25) is 38.7 Å². The van der Waals surface area contributed by atoms with Gasteiger partial charge in [0, 0.05) is 49.1 Å². The molecule has 0 fully saturated rings. The number of amides is 5. The molecule has 0 bridgehead atoms. The number of phenols is 1. The molecule has 0 saturated heterocycles. The highest BCUT2D eigenvalue weighted by Crippen LogP contribution is 2.23. The van der Waals surface area contributed by atoms with Crippen LogP contribution in [0.2, 0.25) is 1.41 Å². The number of nitrogens with zero attached hydrogens (tertiary/aromatic N) is 3. The number of carboxylic acids is 2. The highest BCUT2D eigenvalue weighted by atomic mass is 32.2. The van der Waals surface area contributed by atoms with Gasteiger partial charge in [0.15, 0.2) is 7.70 Å². The second-order valence-electron chi connectivity index (χ2n) is 15.1. The van der Waals surface area contributed by atoms with E-state index in [4.69, 9.17) is 1.41 Å². The van der Waals surface area contributed by atoms with E-state index in [0.29, 0.717) is 22.7 Å². The number of anilines is 2. The van der Waals surface area contributed by atoms with Gasteiger partial charge in [0.2, 0.25) is 17.7 Å². The van der Waals surface area contributed by atoms with Crippen LogP contribution in [-0.2, 0) is 47.1 Å². The first-order valence-corrected chi connectivity index (χ1v) is 22.0. The molecular weight excluding hydrogens is 895 g/mol. The molecule has 0 aliphatic rings. The monoisotopic (exact) mass is 946 g/mol. The fourth-order valence-corrected chi connectivity index (χ4v) is 7.11. The quantitative estimate of drug-likeness (QED) is 0.0150. The molecule has 0 aliphatic heterocycles. The van der Waals surface area contributed by atoms with E-state index in [2.05, 4.69) is 36.8 Å². The fourth-order valence-electron chi connectivity index (χ4n) is 6.42. The van der Waals surface area contributed by atoms with Crippen LogP contribution in [0, 0.1) is 5.92 Å². The van der Waals surface area contributed by atoms with Crippen molar-refractivity contribution < 1.29 is 63.3 Å². The van der Waals surface area contributed by atoms with Crippen molar-refractivity contribution in [2.45, 2.75) is 62.7 Å². The van der Waals surface area contributed by atoms with Crippen molar-refractivity contribution in [2.24, 2.45) is 11.0 Å². The average molecular weight is 947 g/mol. The first-order chi connectivity index (χ1) is 32.3. The van der Waals surface area contributed by atoms with E-state index in [9.17, 15) is 61.9 Å². The predicted octanol–water partition coefficient (Wildman–Crippen LogP) is 2.22. The summed E-state index contributed by atoms with van der Waals surface area (Å²) in [6.45, 7) is 1.63. The number of phenolic OH excluding ortho intramolecular Hbond substituents is 1. The van der Waals surface area contributed by atoms with E-state index in [-0.39, 0.29) is 54.3 Å². The van der Waals surface area contributed by atoms with Gasteiger partial charge >= 0.3 is 18.0 Å². The van der Waals surface area contributed by atoms with Crippen LogP contribution in [-0.4, -0.2) is 124 Å². The lowest BCUT2D eigenvalue weighted by Crippen LogP contribution is -2.60. The number of pyridine rings is 1. The number of carbonyl (C=O) groups excluding carboxylic acids is 5. The van der Waals surface area contributed by atoms with Crippen molar-refractivity contribution in [3.63, 3.8) is 0 Å². The molecule has 67 heavy (non-hydrogen) atoms. The second-order valence-corrected chi connectivity index (χ2v) is 16.5. The van der Waals surface area contributed by atoms with Gasteiger partial charge in [0.25, 0.3) is 10.1 Å². The van der Waals surface area contributed by atoms with Gasteiger partial charge in [-0.1, -0.05) is 62.4 Å². The van der Waals surface area contributed by atoms with Crippen molar-refractivity contribution in [1.29, 1.82) is 0 Å². The first-order valence-electron chi connectivity index (χ1n) is 21.0. The Kier molecular flexibility index (Phi) is 18.7. The number of hydrogen-bond acceptors (Lipinski definition) is 14. The van der Waals surface area contributed by atoms with E-state index >= 15 is 0 Å². The largest absolute Gasteiger partial charge is 0.508 e. The average Bonchev–Trinajstić information content (AvgIpc) is 3.30. The minimum Gasteiger partial charge on any atom is -0.508 e. The molecule has 5 amide bonds. The number of nitrogens with one attached hydrogen (secondary N) is 6. The Morgan fingerprint density at radius 1 is 0.881 bits per heavy atom.